The van der Waals surface area contributed by atoms with E-state index in [4.69, 9.17) is 4.99 Å². The summed E-state index contributed by atoms with van der Waals surface area (Å²) in [6.07, 6.45) is 8.02. The van der Waals surface area contributed by atoms with Crippen molar-refractivity contribution in [2.45, 2.75) is 50.6 Å². The molecule has 1 unspecified atom stereocenters. The van der Waals surface area contributed by atoms with E-state index in [1.807, 2.05) is 11.8 Å². The van der Waals surface area contributed by atoms with Gasteiger partial charge >= 0.3 is 0 Å². The van der Waals surface area contributed by atoms with E-state index < -0.39 is 0 Å². The average molecular weight is 369 g/mol. The summed E-state index contributed by atoms with van der Waals surface area (Å²) in [4.78, 5) is 11.3. The molecule has 5 rings (SSSR count). The smallest absolute Gasteiger partial charge is 0.114 e. The van der Waals surface area contributed by atoms with Gasteiger partial charge in [0, 0.05) is 23.7 Å². The van der Waals surface area contributed by atoms with E-state index in [2.05, 4.69) is 39.5 Å². The summed E-state index contributed by atoms with van der Waals surface area (Å²) < 4.78 is 0. The van der Waals surface area contributed by atoms with E-state index in [-0.39, 0.29) is 0 Å². The van der Waals surface area contributed by atoms with E-state index in [1.54, 1.807) is 0 Å². The molecule has 5 heteroatoms. The zero-order chi connectivity index (χ0) is 17.3. The standard InChI is InChI=1S/C21H28N4S/c1-2-8-16(7-1)22-18-9-5-6-15-12-19(24-20(15)18)21-23-17(14-26-21)13-25-10-3-4-11-25/h5-6,9,12,16-17,22,24H,1-4,7-8,10-11,13-14H2. The van der Waals surface area contributed by atoms with Crippen LogP contribution in [-0.2, 0) is 0 Å². The van der Waals surface area contributed by atoms with Crippen LogP contribution in [0.15, 0.2) is 29.3 Å². The number of hydrogen-bond acceptors (Lipinski definition) is 4. The van der Waals surface area contributed by atoms with Crippen LogP contribution < -0.4 is 5.32 Å². The molecule has 0 radical (unpaired) electrons. The molecule has 0 amide bonds. The first kappa shape index (κ1) is 16.7. The number of aliphatic imine (C=N–C) groups is 1. The third-order valence-corrected chi connectivity index (χ3v) is 7.13. The number of fused-ring (bicyclic) bond motifs is 1. The van der Waals surface area contributed by atoms with Gasteiger partial charge < -0.3 is 15.2 Å². The Hall–Kier alpha value is -1.46. The fourth-order valence-corrected chi connectivity index (χ4v) is 5.62. The second-order valence-corrected chi connectivity index (χ2v) is 8.99. The van der Waals surface area contributed by atoms with Gasteiger partial charge in [-0.15, -0.1) is 11.8 Å². The molecule has 2 aromatic rings. The normalized spacial score (nSPS) is 24.6. The van der Waals surface area contributed by atoms with Crippen molar-refractivity contribution in [3.05, 3.63) is 30.0 Å². The highest BCUT2D eigenvalue weighted by Gasteiger charge is 2.24. The van der Waals surface area contributed by atoms with Crippen LogP contribution in [0.2, 0.25) is 0 Å². The van der Waals surface area contributed by atoms with Gasteiger partial charge in [0.1, 0.15) is 5.04 Å². The molecule has 1 aromatic heterocycles. The van der Waals surface area contributed by atoms with Crippen LogP contribution in [-0.4, -0.2) is 52.4 Å². The lowest BCUT2D eigenvalue weighted by molar-refractivity contribution is 0.324. The molecule has 1 aliphatic carbocycles. The quantitative estimate of drug-likeness (QED) is 0.818. The Bertz CT molecular complexity index is 799. The summed E-state index contributed by atoms with van der Waals surface area (Å²) in [6.45, 7) is 3.65. The molecule has 1 saturated heterocycles. The number of benzene rings is 1. The number of aromatic amines is 1. The summed E-state index contributed by atoms with van der Waals surface area (Å²) >= 11 is 1.91. The zero-order valence-electron chi connectivity index (χ0n) is 15.3. The second kappa shape index (κ2) is 7.28. The van der Waals surface area contributed by atoms with Gasteiger partial charge in [-0.3, -0.25) is 4.99 Å². The molecule has 1 atom stereocenters. The lowest BCUT2D eigenvalue weighted by atomic mass is 10.2. The van der Waals surface area contributed by atoms with E-state index in [1.165, 1.54) is 78.9 Å². The van der Waals surface area contributed by atoms with Gasteiger partial charge in [0.25, 0.3) is 0 Å². The fraction of sp³-hybridized carbons (Fsp3) is 0.571. The van der Waals surface area contributed by atoms with Crippen LogP contribution >= 0.6 is 11.8 Å². The highest BCUT2D eigenvalue weighted by Crippen LogP contribution is 2.31. The van der Waals surface area contributed by atoms with Crippen molar-refractivity contribution in [2.75, 3.05) is 30.7 Å². The molecule has 3 aliphatic rings. The van der Waals surface area contributed by atoms with E-state index >= 15 is 0 Å². The number of rotatable bonds is 5. The van der Waals surface area contributed by atoms with Crippen LogP contribution in [0.4, 0.5) is 5.69 Å². The van der Waals surface area contributed by atoms with Crippen molar-refractivity contribution in [1.29, 1.82) is 0 Å². The zero-order valence-corrected chi connectivity index (χ0v) is 16.2. The molecule has 2 N–H and O–H groups in total. The lowest BCUT2D eigenvalue weighted by Crippen LogP contribution is -2.29. The van der Waals surface area contributed by atoms with Crippen molar-refractivity contribution in [3.63, 3.8) is 0 Å². The van der Waals surface area contributed by atoms with Crippen molar-refractivity contribution < 1.29 is 0 Å². The Morgan fingerprint density at radius 2 is 2.00 bits per heavy atom. The van der Waals surface area contributed by atoms with Gasteiger partial charge in [-0.2, -0.15) is 0 Å². The maximum Gasteiger partial charge on any atom is 0.114 e. The third-order valence-electron chi connectivity index (χ3n) is 5.98. The van der Waals surface area contributed by atoms with Gasteiger partial charge in [-0.1, -0.05) is 25.0 Å². The number of H-pyrrole nitrogens is 1. The minimum atomic E-state index is 0.454. The Kier molecular flexibility index (Phi) is 4.67. The Balaban J connectivity index is 1.35. The van der Waals surface area contributed by atoms with Crippen LogP contribution in [0.1, 0.15) is 44.2 Å². The van der Waals surface area contributed by atoms with Crippen molar-refractivity contribution in [1.82, 2.24) is 9.88 Å². The van der Waals surface area contributed by atoms with Crippen LogP contribution in [0.5, 0.6) is 0 Å². The molecule has 26 heavy (non-hydrogen) atoms. The Morgan fingerprint density at radius 1 is 1.15 bits per heavy atom. The number of anilines is 1. The molecule has 2 aliphatic heterocycles. The average Bonchev–Trinajstić information content (AvgIpc) is 3.43. The Labute approximate surface area is 159 Å². The van der Waals surface area contributed by atoms with Crippen molar-refractivity contribution in [3.8, 4) is 0 Å². The number of hydrogen-bond donors (Lipinski definition) is 2. The Morgan fingerprint density at radius 3 is 2.85 bits per heavy atom. The molecular weight excluding hydrogens is 340 g/mol. The molecule has 1 saturated carbocycles. The largest absolute Gasteiger partial charge is 0.381 e. The van der Waals surface area contributed by atoms with E-state index in [9.17, 15) is 0 Å². The lowest BCUT2D eigenvalue weighted by Gasteiger charge is -2.16. The number of likely N-dealkylation sites (tertiary alicyclic amines) is 1. The summed E-state index contributed by atoms with van der Waals surface area (Å²) in [5.74, 6) is 1.12. The summed E-state index contributed by atoms with van der Waals surface area (Å²) in [7, 11) is 0. The monoisotopic (exact) mass is 368 g/mol. The predicted octanol–water partition coefficient (Wildman–Crippen LogP) is 4.48. The van der Waals surface area contributed by atoms with Crippen molar-refractivity contribution in [2.24, 2.45) is 4.99 Å². The summed E-state index contributed by atoms with van der Waals surface area (Å²) in [5, 5.41) is 6.24. The molecule has 2 fully saturated rings. The number of thioether (sulfide) groups is 1. The maximum atomic E-state index is 5.04. The van der Waals surface area contributed by atoms with Crippen LogP contribution in [0.3, 0.4) is 0 Å². The van der Waals surface area contributed by atoms with E-state index in [0.29, 0.717) is 12.1 Å². The molecular formula is C21H28N4S. The SMILES string of the molecule is c1cc(NC2CCCC2)c2[nH]c(C3=NC(CN4CCCC4)CS3)cc2c1. The van der Waals surface area contributed by atoms with Gasteiger partial charge in [0.05, 0.1) is 22.9 Å². The highest BCUT2D eigenvalue weighted by molar-refractivity contribution is 8.14. The minimum Gasteiger partial charge on any atom is -0.381 e. The first-order chi connectivity index (χ1) is 12.8. The molecule has 138 valence electrons. The summed E-state index contributed by atoms with van der Waals surface area (Å²) in [6, 6.07) is 9.94. The number of para-hydroxylation sites is 1. The fourth-order valence-electron chi connectivity index (χ4n) is 4.60. The highest BCUT2D eigenvalue weighted by atomic mass is 32.2. The third kappa shape index (κ3) is 3.39. The molecule has 0 bridgehead atoms. The van der Waals surface area contributed by atoms with Crippen molar-refractivity contribution >= 4 is 33.4 Å². The molecule has 0 spiro atoms. The number of nitrogens with zero attached hydrogens (tertiary/aromatic N) is 2. The maximum absolute atomic E-state index is 5.04. The number of nitrogens with one attached hydrogen (secondary N) is 2. The minimum absolute atomic E-state index is 0.454. The van der Waals surface area contributed by atoms with Gasteiger partial charge in [0.15, 0.2) is 0 Å². The van der Waals surface area contributed by atoms with Crippen LogP contribution in [0, 0.1) is 0 Å². The first-order valence-electron chi connectivity index (χ1n) is 10.2. The first-order valence-corrected chi connectivity index (χ1v) is 11.2. The topological polar surface area (TPSA) is 43.4 Å². The van der Waals surface area contributed by atoms with E-state index in [0.717, 1.165) is 12.3 Å². The van der Waals surface area contributed by atoms with Gasteiger partial charge in [-0.05, 0) is 50.9 Å². The van der Waals surface area contributed by atoms with Crippen LogP contribution in [0.25, 0.3) is 10.9 Å². The van der Waals surface area contributed by atoms with Gasteiger partial charge in [-0.25, -0.2) is 0 Å². The molecule has 1 aromatic carbocycles. The van der Waals surface area contributed by atoms with Gasteiger partial charge in [0.2, 0.25) is 0 Å². The molecule has 4 nitrogen and oxygen atoms in total. The number of aromatic nitrogens is 1. The molecule has 3 heterocycles. The predicted molar refractivity (Wildman–Crippen MR) is 113 cm³/mol. The second-order valence-electron chi connectivity index (χ2n) is 7.99. The summed E-state index contributed by atoms with van der Waals surface area (Å²) in [5.41, 5.74) is 3.67.